The van der Waals surface area contributed by atoms with Crippen LogP contribution >= 0.6 is 0 Å². The van der Waals surface area contributed by atoms with E-state index in [9.17, 15) is 0 Å². The summed E-state index contributed by atoms with van der Waals surface area (Å²) >= 11 is 0. The van der Waals surface area contributed by atoms with Crippen molar-refractivity contribution in [1.82, 2.24) is 0 Å². The Labute approximate surface area is 233 Å². The average molecular weight is 507 g/mol. The van der Waals surface area contributed by atoms with Gasteiger partial charge in [0.25, 0.3) is 0 Å². The summed E-state index contributed by atoms with van der Waals surface area (Å²) < 4.78 is 0. The Hall–Kier alpha value is -5.20. The highest BCUT2D eigenvalue weighted by atomic mass is 14.2. The molecule has 0 bridgehead atoms. The molecule has 8 aromatic carbocycles. The van der Waals surface area contributed by atoms with Crippen molar-refractivity contribution in [1.29, 1.82) is 0 Å². The van der Waals surface area contributed by atoms with E-state index in [2.05, 4.69) is 158 Å². The number of fused-ring (bicyclic) bond motifs is 4. The van der Waals surface area contributed by atoms with Crippen molar-refractivity contribution in [3.8, 4) is 33.4 Å². The highest BCUT2D eigenvalue weighted by Crippen LogP contribution is 2.44. The average Bonchev–Trinajstić information content (AvgIpc) is 3.03. The summed E-state index contributed by atoms with van der Waals surface area (Å²) in [4.78, 5) is 0. The third-order valence-corrected chi connectivity index (χ3v) is 8.24. The smallest absolute Gasteiger partial charge is 0.00204 e. The lowest BCUT2D eigenvalue weighted by Crippen LogP contribution is -1.91. The molecule has 0 aliphatic rings. The fraction of sp³-hybridized carbons (Fsp3) is 0. The molecule has 0 saturated carbocycles. The maximum atomic E-state index is 2.32. The van der Waals surface area contributed by atoms with Crippen molar-refractivity contribution in [3.05, 3.63) is 158 Å². The zero-order valence-electron chi connectivity index (χ0n) is 22.0. The van der Waals surface area contributed by atoms with E-state index < -0.39 is 0 Å². The molecule has 0 nitrogen and oxygen atoms in total. The van der Waals surface area contributed by atoms with Crippen LogP contribution in [0.4, 0.5) is 0 Å². The van der Waals surface area contributed by atoms with Gasteiger partial charge in [-0.3, -0.25) is 0 Å². The van der Waals surface area contributed by atoms with Gasteiger partial charge >= 0.3 is 0 Å². The summed E-state index contributed by atoms with van der Waals surface area (Å²) in [6.07, 6.45) is 0. The first kappa shape index (κ1) is 22.8. The van der Waals surface area contributed by atoms with Crippen LogP contribution in [0.2, 0.25) is 0 Å². The van der Waals surface area contributed by atoms with Crippen molar-refractivity contribution < 1.29 is 0 Å². The first-order valence-electron chi connectivity index (χ1n) is 13.9. The molecule has 0 heterocycles. The van der Waals surface area contributed by atoms with E-state index in [4.69, 9.17) is 0 Å². The summed E-state index contributed by atoms with van der Waals surface area (Å²) in [7, 11) is 0. The molecular formula is C40H26. The zero-order chi connectivity index (χ0) is 26.5. The molecule has 8 rings (SSSR count). The predicted molar refractivity (Wildman–Crippen MR) is 173 cm³/mol. The second-order valence-electron chi connectivity index (χ2n) is 10.5. The van der Waals surface area contributed by atoms with Gasteiger partial charge < -0.3 is 0 Å². The summed E-state index contributed by atoms with van der Waals surface area (Å²) in [5, 5.41) is 10.2. The van der Waals surface area contributed by atoms with Crippen LogP contribution in [-0.4, -0.2) is 0 Å². The molecule has 0 radical (unpaired) electrons. The van der Waals surface area contributed by atoms with E-state index in [0.717, 1.165) is 0 Å². The van der Waals surface area contributed by atoms with Crippen LogP contribution < -0.4 is 0 Å². The van der Waals surface area contributed by atoms with Gasteiger partial charge in [0, 0.05) is 0 Å². The Morgan fingerprint density at radius 3 is 1.38 bits per heavy atom. The van der Waals surface area contributed by atoms with Crippen LogP contribution in [-0.2, 0) is 0 Å². The van der Waals surface area contributed by atoms with Gasteiger partial charge in [-0.15, -0.1) is 0 Å². The first-order valence-corrected chi connectivity index (χ1v) is 13.9. The highest BCUT2D eigenvalue weighted by molar-refractivity contribution is 6.17. The van der Waals surface area contributed by atoms with Crippen molar-refractivity contribution in [3.63, 3.8) is 0 Å². The number of hydrogen-bond donors (Lipinski definition) is 0. The summed E-state index contributed by atoms with van der Waals surface area (Å²) in [5.41, 5.74) is 7.58. The first-order chi connectivity index (χ1) is 19.8. The standard InChI is InChI=1S/C40H26/c1-5-15-33-27(10-1)14-9-19-34(33)29-20-22-30(23-21-29)39-35-16-6-2-11-28(35)24-25-38(39)40-36-17-7-3-12-31(36)26-32-13-4-8-18-37(32)40/h1-26H. The molecule has 0 spiro atoms. The van der Waals surface area contributed by atoms with Crippen molar-refractivity contribution in [2.45, 2.75) is 0 Å². The van der Waals surface area contributed by atoms with Gasteiger partial charge in [-0.1, -0.05) is 152 Å². The van der Waals surface area contributed by atoms with E-state index in [1.807, 2.05) is 0 Å². The number of hydrogen-bond acceptors (Lipinski definition) is 0. The van der Waals surface area contributed by atoms with Crippen LogP contribution in [0, 0.1) is 0 Å². The lowest BCUT2D eigenvalue weighted by atomic mass is 9.85. The van der Waals surface area contributed by atoms with Crippen LogP contribution in [0.15, 0.2) is 158 Å². The predicted octanol–water partition coefficient (Wildman–Crippen LogP) is 11.3. The molecule has 0 aliphatic heterocycles. The molecule has 40 heavy (non-hydrogen) atoms. The minimum absolute atomic E-state index is 1.23. The fourth-order valence-corrected chi connectivity index (χ4v) is 6.39. The summed E-state index contributed by atoms with van der Waals surface area (Å²) in [6.45, 7) is 0. The van der Waals surface area contributed by atoms with Crippen molar-refractivity contribution >= 4 is 43.1 Å². The Balaban J connectivity index is 1.41. The molecule has 0 atom stereocenters. The third kappa shape index (κ3) is 3.61. The largest absolute Gasteiger partial charge is 0.0616 e. The van der Waals surface area contributed by atoms with Gasteiger partial charge in [0.15, 0.2) is 0 Å². The third-order valence-electron chi connectivity index (χ3n) is 8.24. The van der Waals surface area contributed by atoms with Gasteiger partial charge in [-0.05, 0) is 82.5 Å². The van der Waals surface area contributed by atoms with E-state index >= 15 is 0 Å². The molecule has 0 unspecified atom stereocenters. The molecule has 0 fully saturated rings. The highest BCUT2D eigenvalue weighted by Gasteiger charge is 2.17. The maximum Gasteiger partial charge on any atom is -0.00204 e. The quantitative estimate of drug-likeness (QED) is 0.209. The SMILES string of the molecule is c1ccc2c(-c3ccc(-c4c(-c5c6ccccc6cc6ccccc56)ccc5ccccc45)cc3)cccc2c1. The van der Waals surface area contributed by atoms with Gasteiger partial charge in [0.1, 0.15) is 0 Å². The van der Waals surface area contributed by atoms with Crippen LogP contribution in [0.1, 0.15) is 0 Å². The number of benzene rings is 8. The minimum Gasteiger partial charge on any atom is -0.0616 e. The second-order valence-corrected chi connectivity index (χ2v) is 10.5. The molecule has 0 heteroatoms. The molecule has 0 amide bonds. The lowest BCUT2D eigenvalue weighted by molar-refractivity contribution is 1.62. The van der Waals surface area contributed by atoms with E-state index in [1.165, 1.54) is 76.5 Å². The Kier molecular flexibility index (Phi) is 5.24. The minimum atomic E-state index is 1.23. The molecule has 0 aliphatic carbocycles. The van der Waals surface area contributed by atoms with Crippen molar-refractivity contribution in [2.75, 3.05) is 0 Å². The van der Waals surface area contributed by atoms with Crippen LogP contribution in [0.3, 0.4) is 0 Å². The lowest BCUT2D eigenvalue weighted by Gasteiger charge is -2.18. The molecular weight excluding hydrogens is 480 g/mol. The van der Waals surface area contributed by atoms with Gasteiger partial charge in [0.2, 0.25) is 0 Å². The van der Waals surface area contributed by atoms with Gasteiger partial charge in [-0.25, -0.2) is 0 Å². The van der Waals surface area contributed by atoms with Gasteiger partial charge in [-0.2, -0.15) is 0 Å². The molecule has 0 saturated heterocycles. The van der Waals surface area contributed by atoms with E-state index in [0.29, 0.717) is 0 Å². The molecule has 0 aromatic heterocycles. The number of rotatable bonds is 3. The van der Waals surface area contributed by atoms with Gasteiger partial charge in [0.05, 0.1) is 0 Å². The van der Waals surface area contributed by atoms with E-state index in [-0.39, 0.29) is 0 Å². The summed E-state index contributed by atoms with van der Waals surface area (Å²) in [5.74, 6) is 0. The zero-order valence-corrected chi connectivity index (χ0v) is 22.0. The Morgan fingerprint density at radius 2 is 0.725 bits per heavy atom. The molecule has 186 valence electrons. The monoisotopic (exact) mass is 506 g/mol. The van der Waals surface area contributed by atoms with Crippen LogP contribution in [0.25, 0.3) is 76.5 Å². The van der Waals surface area contributed by atoms with Crippen LogP contribution in [0.5, 0.6) is 0 Å². The molecule has 0 N–H and O–H groups in total. The maximum absolute atomic E-state index is 2.32. The topological polar surface area (TPSA) is 0 Å². The molecule has 8 aromatic rings. The Bertz CT molecular complexity index is 2140. The normalized spacial score (nSPS) is 11.5. The van der Waals surface area contributed by atoms with E-state index in [1.54, 1.807) is 0 Å². The van der Waals surface area contributed by atoms with Crippen molar-refractivity contribution in [2.24, 2.45) is 0 Å². The Morgan fingerprint density at radius 1 is 0.250 bits per heavy atom. The second kappa shape index (κ2) is 9.22. The fourth-order valence-electron chi connectivity index (χ4n) is 6.39. The summed E-state index contributed by atoms with van der Waals surface area (Å²) in [6, 6.07) is 57.6.